The van der Waals surface area contributed by atoms with E-state index in [1.807, 2.05) is 0 Å². The molecule has 0 saturated carbocycles. The van der Waals surface area contributed by atoms with Crippen LogP contribution in [0.15, 0.2) is 51.9 Å². The highest BCUT2D eigenvalue weighted by atomic mass is 32.2. The number of amides is 4. The number of nitrogens with zero attached hydrogens (tertiary/aromatic N) is 3. The number of hydrazine groups is 1. The number of hydrogen-bond acceptors (Lipinski definition) is 11. The molecule has 0 bridgehead atoms. The summed E-state index contributed by atoms with van der Waals surface area (Å²) in [4.78, 5) is 57.9. The van der Waals surface area contributed by atoms with Crippen LogP contribution in [-0.4, -0.2) is 75.3 Å². The van der Waals surface area contributed by atoms with Gasteiger partial charge in [0.2, 0.25) is 5.82 Å². The van der Waals surface area contributed by atoms with Gasteiger partial charge < -0.3 is 29.3 Å². The van der Waals surface area contributed by atoms with E-state index in [0.717, 1.165) is 0 Å². The SMILES string of the molecule is CC(C)(C)OC(=O)N[C@H]1CSc2ccc(C(=O)NNC(=O)C3(CO)CCCO3)cc2N(Cc2ccc(-c3noc(C(F)(F)F)n3)cc2)C1=O. The molecule has 18 heteroatoms. The Morgan fingerprint density at radius 1 is 1.12 bits per heavy atom. The molecule has 4 N–H and O–H groups in total. The molecular formula is C31H33F3N6O8S. The minimum absolute atomic E-state index is 0.0720. The van der Waals surface area contributed by atoms with Gasteiger partial charge in [0.05, 0.1) is 18.8 Å². The maximum Gasteiger partial charge on any atom is 0.471 e. The first kappa shape index (κ1) is 35.6. The van der Waals surface area contributed by atoms with Crippen molar-refractivity contribution in [1.29, 1.82) is 0 Å². The Bertz CT molecular complexity index is 1720. The maximum absolute atomic E-state index is 14.0. The fraction of sp³-hybridized carbons (Fsp3) is 0.419. The van der Waals surface area contributed by atoms with Crippen LogP contribution < -0.4 is 21.1 Å². The summed E-state index contributed by atoms with van der Waals surface area (Å²) in [5, 5.41) is 15.7. The number of alkyl carbamates (subject to hydrolysis) is 1. The molecule has 2 atom stereocenters. The van der Waals surface area contributed by atoms with Crippen LogP contribution in [0.5, 0.6) is 0 Å². The highest BCUT2D eigenvalue weighted by molar-refractivity contribution is 7.99. The summed E-state index contributed by atoms with van der Waals surface area (Å²) in [6, 6.07) is 9.60. The second kappa shape index (κ2) is 14.0. The zero-order valence-corrected chi connectivity index (χ0v) is 27.4. The minimum atomic E-state index is -4.80. The number of nitrogens with one attached hydrogen (secondary N) is 3. The Labute approximate surface area is 282 Å². The number of thioether (sulfide) groups is 1. The van der Waals surface area contributed by atoms with Crippen molar-refractivity contribution in [3.63, 3.8) is 0 Å². The third-order valence-electron chi connectivity index (χ3n) is 7.46. The number of hydrogen-bond donors (Lipinski definition) is 4. The molecule has 1 saturated heterocycles. The van der Waals surface area contributed by atoms with E-state index in [0.29, 0.717) is 22.6 Å². The van der Waals surface area contributed by atoms with Gasteiger partial charge in [0.15, 0.2) is 5.60 Å². The topological polar surface area (TPSA) is 185 Å². The van der Waals surface area contributed by atoms with Crippen molar-refractivity contribution in [3.8, 4) is 11.4 Å². The summed E-state index contributed by atoms with van der Waals surface area (Å²) in [5.41, 5.74) is 3.50. The molecule has 1 unspecified atom stereocenters. The highest BCUT2D eigenvalue weighted by Gasteiger charge is 2.43. The maximum atomic E-state index is 14.0. The first-order valence-corrected chi connectivity index (χ1v) is 16.0. The van der Waals surface area contributed by atoms with E-state index < -0.39 is 59.7 Å². The van der Waals surface area contributed by atoms with Crippen molar-refractivity contribution < 1.29 is 51.5 Å². The fourth-order valence-corrected chi connectivity index (χ4v) is 6.08. The number of carbonyl (C=O) groups is 4. The van der Waals surface area contributed by atoms with E-state index in [9.17, 15) is 37.5 Å². The molecule has 2 aliphatic heterocycles. The second-order valence-corrected chi connectivity index (χ2v) is 13.3. The number of aliphatic hydroxyl groups excluding tert-OH is 1. The number of benzene rings is 2. The second-order valence-electron chi connectivity index (χ2n) is 12.2. The number of aromatic nitrogens is 2. The predicted molar refractivity (Wildman–Crippen MR) is 167 cm³/mol. The van der Waals surface area contributed by atoms with E-state index in [1.165, 1.54) is 40.9 Å². The molecule has 4 amide bonds. The summed E-state index contributed by atoms with van der Waals surface area (Å²) < 4.78 is 53.9. The Hall–Kier alpha value is -4.68. The quantitative estimate of drug-likeness (QED) is 0.263. The van der Waals surface area contributed by atoms with Crippen LogP contribution in [0, 0.1) is 0 Å². The monoisotopic (exact) mass is 706 g/mol. The molecule has 49 heavy (non-hydrogen) atoms. The van der Waals surface area contributed by atoms with Crippen LogP contribution in [0.25, 0.3) is 11.4 Å². The molecule has 1 fully saturated rings. The van der Waals surface area contributed by atoms with Gasteiger partial charge in [-0.05, 0) is 57.4 Å². The molecule has 1 aromatic heterocycles. The van der Waals surface area contributed by atoms with E-state index in [4.69, 9.17) is 9.47 Å². The van der Waals surface area contributed by atoms with E-state index in [2.05, 4.69) is 30.8 Å². The molecule has 0 aliphatic carbocycles. The van der Waals surface area contributed by atoms with Crippen LogP contribution in [0.4, 0.5) is 23.7 Å². The van der Waals surface area contributed by atoms with E-state index >= 15 is 0 Å². The average Bonchev–Trinajstić information content (AvgIpc) is 3.73. The molecule has 0 spiro atoms. The molecular weight excluding hydrogens is 673 g/mol. The summed E-state index contributed by atoms with van der Waals surface area (Å²) in [6.45, 7) is 4.69. The van der Waals surface area contributed by atoms with Gasteiger partial charge in [0, 0.05) is 28.4 Å². The smallest absolute Gasteiger partial charge is 0.444 e. The van der Waals surface area contributed by atoms with Crippen molar-refractivity contribution in [2.45, 2.75) is 68.5 Å². The predicted octanol–water partition coefficient (Wildman–Crippen LogP) is 3.59. The number of fused-ring (bicyclic) bond motifs is 1. The molecule has 2 aromatic carbocycles. The van der Waals surface area contributed by atoms with Gasteiger partial charge in [-0.3, -0.25) is 25.2 Å². The number of alkyl halides is 3. The number of carbonyl (C=O) groups excluding carboxylic acids is 4. The van der Waals surface area contributed by atoms with E-state index in [1.54, 1.807) is 39.0 Å². The number of aliphatic hydroxyl groups is 1. The van der Waals surface area contributed by atoms with Gasteiger partial charge in [-0.15, -0.1) is 11.8 Å². The van der Waals surface area contributed by atoms with E-state index in [-0.39, 0.29) is 42.3 Å². The molecule has 262 valence electrons. The van der Waals surface area contributed by atoms with Crippen molar-refractivity contribution in [2.75, 3.05) is 23.9 Å². The van der Waals surface area contributed by atoms with Gasteiger partial charge in [0.1, 0.15) is 11.6 Å². The van der Waals surface area contributed by atoms with Crippen molar-refractivity contribution in [2.24, 2.45) is 0 Å². The Kier molecular flexibility index (Phi) is 10.2. The number of rotatable bonds is 7. The lowest BCUT2D eigenvalue weighted by Crippen LogP contribution is -2.54. The van der Waals surface area contributed by atoms with Crippen LogP contribution in [0.2, 0.25) is 0 Å². The summed E-state index contributed by atoms with van der Waals surface area (Å²) in [7, 11) is 0. The normalized spacial score (nSPS) is 19.5. The summed E-state index contributed by atoms with van der Waals surface area (Å²) in [5.74, 6) is -3.58. The van der Waals surface area contributed by atoms with Crippen molar-refractivity contribution in [1.82, 2.24) is 26.3 Å². The zero-order chi connectivity index (χ0) is 35.6. The van der Waals surface area contributed by atoms with Crippen LogP contribution in [0.3, 0.4) is 0 Å². The van der Waals surface area contributed by atoms with Gasteiger partial charge in [-0.1, -0.05) is 29.4 Å². The van der Waals surface area contributed by atoms with Crippen molar-refractivity contribution >= 4 is 41.3 Å². The lowest BCUT2D eigenvalue weighted by atomic mass is 10.0. The standard InChI is InChI=1S/C31H33F3N6O8S/c1-29(2,3)47-28(45)35-20-15-49-22-10-9-19(24(42)37-38-26(44)30(16-41)11-4-12-46-30)13-21(22)40(25(20)43)14-17-5-7-18(8-6-17)23-36-27(48-39-23)31(32,33)34/h5-10,13,20,41H,4,11-12,14-16H2,1-3H3,(H,35,45)(H,37,42)(H,38,44)/t20-,30?/m0/s1. The zero-order valence-electron chi connectivity index (χ0n) is 26.6. The van der Waals surface area contributed by atoms with Gasteiger partial charge in [0.25, 0.3) is 17.7 Å². The number of ether oxygens (including phenoxy) is 2. The highest BCUT2D eigenvalue weighted by Crippen LogP contribution is 2.37. The van der Waals surface area contributed by atoms with Crippen molar-refractivity contribution in [3.05, 3.63) is 59.5 Å². The molecule has 14 nitrogen and oxygen atoms in total. The molecule has 3 heterocycles. The van der Waals surface area contributed by atoms with Gasteiger partial charge in [-0.2, -0.15) is 18.2 Å². The molecule has 5 rings (SSSR count). The Morgan fingerprint density at radius 2 is 1.86 bits per heavy atom. The summed E-state index contributed by atoms with van der Waals surface area (Å²) in [6.07, 6.45) is -4.76. The third kappa shape index (κ3) is 8.31. The first-order valence-electron chi connectivity index (χ1n) is 15.0. The Morgan fingerprint density at radius 3 is 2.47 bits per heavy atom. The minimum Gasteiger partial charge on any atom is -0.444 e. The molecule has 3 aromatic rings. The molecule has 0 radical (unpaired) electrons. The van der Waals surface area contributed by atoms with Crippen LogP contribution >= 0.6 is 11.8 Å². The average molecular weight is 707 g/mol. The number of anilines is 1. The first-order chi connectivity index (χ1) is 23.1. The van der Waals surface area contributed by atoms with Crippen LogP contribution in [-0.2, 0) is 31.8 Å². The largest absolute Gasteiger partial charge is 0.471 e. The lowest BCUT2D eigenvalue weighted by Gasteiger charge is -2.27. The number of halogens is 3. The van der Waals surface area contributed by atoms with Gasteiger partial charge in [-0.25, -0.2) is 4.79 Å². The Balaban J connectivity index is 1.40. The summed E-state index contributed by atoms with van der Waals surface area (Å²) >= 11 is 1.26. The third-order valence-corrected chi connectivity index (χ3v) is 8.61. The fourth-order valence-electron chi connectivity index (χ4n) is 5.03. The molecule has 2 aliphatic rings. The van der Waals surface area contributed by atoms with Crippen LogP contribution in [0.1, 0.15) is 55.4 Å². The van der Waals surface area contributed by atoms with Gasteiger partial charge >= 0.3 is 18.2 Å². The lowest BCUT2D eigenvalue weighted by molar-refractivity contribution is -0.159.